The second kappa shape index (κ2) is 5.92. The van der Waals surface area contributed by atoms with Crippen LogP contribution in [0.4, 0.5) is 11.6 Å². The van der Waals surface area contributed by atoms with Crippen LogP contribution in [0.5, 0.6) is 0 Å². The molecule has 0 saturated carbocycles. The lowest BCUT2D eigenvalue weighted by Crippen LogP contribution is -2.13. The lowest BCUT2D eigenvalue weighted by molar-refractivity contribution is 0.0364. The number of fused-ring (bicyclic) bond motifs is 2. The predicted octanol–water partition coefficient (Wildman–Crippen LogP) is 3.09. The van der Waals surface area contributed by atoms with E-state index in [0.29, 0.717) is 5.95 Å². The predicted molar refractivity (Wildman–Crippen MR) is 90.7 cm³/mol. The number of aryl methyl sites for hydroxylation is 2. The summed E-state index contributed by atoms with van der Waals surface area (Å²) in [5, 5.41) is 10.2. The number of hydrogen-bond acceptors (Lipinski definition) is 5. The number of hydrogen-bond donors (Lipinski definition) is 2. The van der Waals surface area contributed by atoms with Crippen molar-refractivity contribution in [2.45, 2.75) is 58.5 Å². The molecule has 24 heavy (non-hydrogen) atoms. The Bertz CT molecular complexity index is 762. The molecule has 0 bridgehead atoms. The molecule has 2 aliphatic carbocycles. The average Bonchev–Trinajstić information content (AvgIpc) is 3.25. The highest BCUT2D eigenvalue weighted by Crippen LogP contribution is 2.39. The average molecular weight is 326 g/mol. The first-order chi connectivity index (χ1) is 11.6. The topological polar surface area (TPSA) is 79.9 Å². The largest absolute Gasteiger partial charge is 0.457 e. The molecule has 0 radical (unpaired) electrons. The van der Waals surface area contributed by atoms with E-state index in [9.17, 15) is 4.79 Å². The van der Waals surface area contributed by atoms with Gasteiger partial charge in [-0.2, -0.15) is 4.98 Å². The number of rotatable bonds is 4. The number of nitrogens with one attached hydrogen (secondary N) is 2. The zero-order valence-electron chi connectivity index (χ0n) is 14.1. The molecule has 1 aromatic heterocycles. The number of anilines is 2. The fourth-order valence-electron chi connectivity index (χ4n) is 3.76. The van der Waals surface area contributed by atoms with Gasteiger partial charge in [-0.25, -0.2) is 4.79 Å². The molecule has 0 spiro atoms. The Hall–Kier alpha value is -2.37. The van der Waals surface area contributed by atoms with Crippen LogP contribution in [0.3, 0.4) is 0 Å². The van der Waals surface area contributed by atoms with E-state index in [0.717, 1.165) is 25.7 Å². The molecule has 0 fully saturated rings. The third-order valence-corrected chi connectivity index (χ3v) is 4.73. The van der Waals surface area contributed by atoms with Gasteiger partial charge in [0, 0.05) is 5.69 Å². The number of carbonyl (C=O) groups excluding carboxylic acids is 1. The van der Waals surface area contributed by atoms with E-state index in [1.807, 2.05) is 13.8 Å². The van der Waals surface area contributed by atoms with Gasteiger partial charge in [-0.1, -0.05) is 6.07 Å². The maximum atomic E-state index is 11.9. The first kappa shape index (κ1) is 15.2. The number of ether oxygens (including phenoxy) is 1. The second-order valence-corrected chi connectivity index (χ2v) is 6.82. The molecule has 126 valence electrons. The number of aromatic amines is 1. The SMILES string of the molecule is CC(C)OC(=O)c1nc(Nc2c3c(cc4c2CCC4)CCC3)n[nH]1. The molecule has 2 aliphatic rings. The van der Waals surface area contributed by atoms with Crippen molar-refractivity contribution in [2.75, 3.05) is 5.32 Å². The van der Waals surface area contributed by atoms with Crippen LogP contribution >= 0.6 is 0 Å². The van der Waals surface area contributed by atoms with Crippen LogP contribution < -0.4 is 5.32 Å². The summed E-state index contributed by atoms with van der Waals surface area (Å²) in [6.07, 6.45) is 6.71. The molecule has 0 amide bonds. The zero-order valence-corrected chi connectivity index (χ0v) is 14.1. The Labute approximate surface area is 141 Å². The lowest BCUT2D eigenvalue weighted by Gasteiger charge is -2.15. The number of benzene rings is 1. The first-order valence-corrected chi connectivity index (χ1v) is 8.68. The van der Waals surface area contributed by atoms with Gasteiger partial charge in [-0.15, -0.1) is 5.10 Å². The quantitative estimate of drug-likeness (QED) is 0.844. The van der Waals surface area contributed by atoms with Crippen molar-refractivity contribution in [2.24, 2.45) is 0 Å². The summed E-state index contributed by atoms with van der Waals surface area (Å²) in [5.41, 5.74) is 6.86. The third kappa shape index (κ3) is 2.66. The van der Waals surface area contributed by atoms with Gasteiger partial charge in [0.05, 0.1) is 6.10 Å². The van der Waals surface area contributed by atoms with E-state index >= 15 is 0 Å². The fourth-order valence-corrected chi connectivity index (χ4v) is 3.76. The van der Waals surface area contributed by atoms with E-state index in [1.165, 1.54) is 40.8 Å². The number of aromatic nitrogens is 3. The van der Waals surface area contributed by atoms with E-state index in [-0.39, 0.29) is 11.9 Å². The standard InChI is InChI=1S/C18H22N4O2/c1-10(2)24-17(23)16-20-18(22-21-16)19-15-13-7-3-5-11(13)9-12-6-4-8-14(12)15/h9-10H,3-8H2,1-2H3,(H2,19,20,21,22). The van der Waals surface area contributed by atoms with E-state index in [1.54, 1.807) is 0 Å². The Kier molecular flexibility index (Phi) is 3.75. The van der Waals surface area contributed by atoms with Gasteiger partial charge in [0.25, 0.3) is 0 Å². The number of nitrogens with zero attached hydrogens (tertiary/aromatic N) is 2. The van der Waals surface area contributed by atoms with Gasteiger partial charge < -0.3 is 10.1 Å². The molecule has 0 unspecified atom stereocenters. The molecule has 1 heterocycles. The van der Waals surface area contributed by atoms with Gasteiger partial charge in [0.1, 0.15) is 0 Å². The van der Waals surface area contributed by atoms with Gasteiger partial charge in [-0.3, -0.25) is 5.10 Å². The van der Waals surface area contributed by atoms with E-state index in [2.05, 4.69) is 26.6 Å². The molecule has 2 N–H and O–H groups in total. The highest BCUT2D eigenvalue weighted by molar-refractivity contribution is 5.85. The molecule has 4 rings (SSSR count). The molecule has 2 aromatic rings. The van der Waals surface area contributed by atoms with Crippen molar-refractivity contribution in [3.05, 3.63) is 34.1 Å². The number of H-pyrrole nitrogens is 1. The minimum Gasteiger partial charge on any atom is -0.457 e. The van der Waals surface area contributed by atoms with E-state index < -0.39 is 5.97 Å². The molecular formula is C18H22N4O2. The van der Waals surface area contributed by atoms with Gasteiger partial charge in [0.15, 0.2) is 0 Å². The highest BCUT2D eigenvalue weighted by atomic mass is 16.5. The van der Waals surface area contributed by atoms with Crippen LogP contribution in [0.2, 0.25) is 0 Å². The third-order valence-electron chi connectivity index (χ3n) is 4.73. The normalized spacial score (nSPS) is 15.5. The van der Waals surface area contributed by atoms with Gasteiger partial charge in [-0.05, 0) is 74.6 Å². The molecule has 1 aromatic carbocycles. The first-order valence-electron chi connectivity index (χ1n) is 8.68. The van der Waals surface area contributed by atoms with Crippen LogP contribution in [0, 0.1) is 0 Å². The summed E-state index contributed by atoms with van der Waals surface area (Å²) in [4.78, 5) is 16.2. The minimum atomic E-state index is -0.478. The zero-order chi connectivity index (χ0) is 16.7. The summed E-state index contributed by atoms with van der Waals surface area (Å²) in [5.74, 6) is 0.0876. The van der Waals surface area contributed by atoms with Crippen molar-refractivity contribution in [1.29, 1.82) is 0 Å². The number of carbonyl (C=O) groups is 1. The maximum Gasteiger partial charge on any atom is 0.376 e. The van der Waals surface area contributed by atoms with Crippen molar-refractivity contribution in [3.8, 4) is 0 Å². The monoisotopic (exact) mass is 326 g/mol. The molecule has 0 aliphatic heterocycles. The van der Waals surface area contributed by atoms with Crippen molar-refractivity contribution < 1.29 is 9.53 Å². The Morgan fingerprint density at radius 1 is 1.17 bits per heavy atom. The minimum absolute atomic E-state index is 0.135. The van der Waals surface area contributed by atoms with Crippen LogP contribution in [0.1, 0.15) is 59.6 Å². The Morgan fingerprint density at radius 2 is 1.83 bits per heavy atom. The second-order valence-electron chi connectivity index (χ2n) is 6.82. The summed E-state index contributed by atoms with van der Waals surface area (Å²) in [6.45, 7) is 3.62. The maximum absolute atomic E-state index is 11.9. The molecule has 0 atom stereocenters. The summed E-state index contributed by atoms with van der Waals surface area (Å²) < 4.78 is 5.15. The Balaban J connectivity index is 1.63. The number of esters is 1. The lowest BCUT2D eigenvalue weighted by atomic mass is 9.99. The smallest absolute Gasteiger partial charge is 0.376 e. The van der Waals surface area contributed by atoms with Crippen LogP contribution in [-0.2, 0) is 30.4 Å². The molecular weight excluding hydrogens is 304 g/mol. The van der Waals surface area contributed by atoms with Crippen molar-refractivity contribution in [3.63, 3.8) is 0 Å². The summed E-state index contributed by atoms with van der Waals surface area (Å²) >= 11 is 0. The van der Waals surface area contributed by atoms with Crippen LogP contribution in [0.15, 0.2) is 6.07 Å². The van der Waals surface area contributed by atoms with Gasteiger partial charge >= 0.3 is 5.97 Å². The molecule has 6 nitrogen and oxygen atoms in total. The van der Waals surface area contributed by atoms with Crippen LogP contribution in [0.25, 0.3) is 0 Å². The molecule has 0 saturated heterocycles. The molecule has 6 heteroatoms. The van der Waals surface area contributed by atoms with Crippen molar-refractivity contribution >= 4 is 17.6 Å². The van der Waals surface area contributed by atoms with Crippen molar-refractivity contribution in [1.82, 2.24) is 15.2 Å². The van der Waals surface area contributed by atoms with Crippen LogP contribution in [-0.4, -0.2) is 27.3 Å². The van der Waals surface area contributed by atoms with Gasteiger partial charge in [0.2, 0.25) is 11.8 Å². The summed E-state index contributed by atoms with van der Waals surface area (Å²) in [6, 6.07) is 2.39. The highest BCUT2D eigenvalue weighted by Gasteiger charge is 2.25. The summed E-state index contributed by atoms with van der Waals surface area (Å²) in [7, 11) is 0. The fraction of sp³-hybridized carbons (Fsp3) is 0.500. The Morgan fingerprint density at radius 3 is 2.46 bits per heavy atom. The van der Waals surface area contributed by atoms with E-state index in [4.69, 9.17) is 4.74 Å².